The molecule has 28 heavy (non-hydrogen) atoms. The standard InChI is InChI=1S/C19H19N3O4S.ClH/c1-27-17-7-6-13(8-16(17)22(25)26)18(23)14-4-2-3-5-15(14)19(24)21-11-12-9-20-10-12;/h2-8,12,20H,9-11H2,1H3,(H,21,24);1H. The van der Waals surface area contributed by atoms with Crippen molar-refractivity contribution < 1.29 is 14.5 Å². The number of carbonyl (C=O) groups excluding carboxylic acids is 2. The summed E-state index contributed by atoms with van der Waals surface area (Å²) in [6, 6.07) is 10.9. The largest absolute Gasteiger partial charge is 0.352 e. The molecule has 3 rings (SSSR count). The van der Waals surface area contributed by atoms with Gasteiger partial charge in [0.15, 0.2) is 5.78 Å². The predicted octanol–water partition coefficient (Wildman–Crippen LogP) is 2.92. The minimum atomic E-state index is -0.506. The molecule has 1 saturated heterocycles. The first-order valence-corrected chi connectivity index (χ1v) is 9.68. The fourth-order valence-corrected chi connectivity index (χ4v) is 3.38. The number of benzene rings is 2. The minimum absolute atomic E-state index is 0. The van der Waals surface area contributed by atoms with Gasteiger partial charge in [0.1, 0.15) is 0 Å². The lowest BCUT2D eigenvalue weighted by Crippen LogP contribution is -2.48. The Hall–Kier alpha value is -2.42. The van der Waals surface area contributed by atoms with Crippen LogP contribution in [0.1, 0.15) is 26.3 Å². The van der Waals surface area contributed by atoms with Crippen LogP contribution in [0.15, 0.2) is 47.4 Å². The molecule has 0 unspecified atom stereocenters. The quantitative estimate of drug-likeness (QED) is 0.308. The second-order valence-electron chi connectivity index (χ2n) is 6.25. The Morgan fingerprint density at radius 1 is 1.21 bits per heavy atom. The van der Waals surface area contributed by atoms with Crippen molar-refractivity contribution in [1.29, 1.82) is 0 Å². The van der Waals surface area contributed by atoms with E-state index in [1.54, 1.807) is 42.7 Å². The van der Waals surface area contributed by atoms with Crippen LogP contribution in [0.2, 0.25) is 0 Å². The molecule has 2 aromatic carbocycles. The highest BCUT2D eigenvalue weighted by Gasteiger charge is 2.23. The summed E-state index contributed by atoms with van der Waals surface area (Å²) < 4.78 is 0. The number of hydrogen-bond acceptors (Lipinski definition) is 6. The Morgan fingerprint density at radius 2 is 1.89 bits per heavy atom. The van der Waals surface area contributed by atoms with E-state index in [9.17, 15) is 19.7 Å². The van der Waals surface area contributed by atoms with Gasteiger partial charge >= 0.3 is 0 Å². The molecule has 0 atom stereocenters. The van der Waals surface area contributed by atoms with Crippen molar-refractivity contribution >= 4 is 41.5 Å². The molecule has 0 spiro atoms. The van der Waals surface area contributed by atoms with Crippen LogP contribution in [-0.2, 0) is 0 Å². The fraction of sp³-hybridized carbons (Fsp3) is 0.263. The maximum Gasteiger partial charge on any atom is 0.283 e. The molecule has 2 aromatic rings. The molecular weight excluding hydrogens is 402 g/mol. The third kappa shape index (κ3) is 4.70. The molecule has 9 heteroatoms. The third-order valence-electron chi connectivity index (χ3n) is 4.47. The molecular formula is C19H20ClN3O4S. The zero-order valence-electron chi connectivity index (χ0n) is 15.1. The van der Waals surface area contributed by atoms with Gasteiger partial charge in [0.05, 0.1) is 15.4 Å². The Kier molecular flexibility index (Phi) is 7.56. The van der Waals surface area contributed by atoms with Crippen LogP contribution < -0.4 is 10.6 Å². The van der Waals surface area contributed by atoms with Gasteiger partial charge in [0.25, 0.3) is 11.6 Å². The molecule has 1 heterocycles. The van der Waals surface area contributed by atoms with Crippen molar-refractivity contribution in [2.24, 2.45) is 5.92 Å². The lowest BCUT2D eigenvalue weighted by atomic mass is 9.97. The van der Waals surface area contributed by atoms with Gasteiger partial charge in [0.2, 0.25) is 0 Å². The number of halogens is 1. The molecule has 0 aliphatic carbocycles. The van der Waals surface area contributed by atoms with Gasteiger partial charge < -0.3 is 10.6 Å². The van der Waals surface area contributed by atoms with E-state index < -0.39 is 10.7 Å². The number of rotatable bonds is 7. The van der Waals surface area contributed by atoms with E-state index in [-0.39, 0.29) is 40.7 Å². The second kappa shape index (κ2) is 9.68. The van der Waals surface area contributed by atoms with Crippen molar-refractivity contribution in [1.82, 2.24) is 10.6 Å². The Bertz CT molecular complexity index is 902. The number of nitro groups is 1. The van der Waals surface area contributed by atoms with Gasteiger partial charge in [0, 0.05) is 42.7 Å². The maximum absolute atomic E-state index is 12.9. The van der Waals surface area contributed by atoms with Gasteiger partial charge in [-0.1, -0.05) is 18.2 Å². The van der Waals surface area contributed by atoms with Crippen molar-refractivity contribution in [2.45, 2.75) is 4.90 Å². The Labute approximate surface area is 172 Å². The first kappa shape index (κ1) is 21.9. The van der Waals surface area contributed by atoms with E-state index in [2.05, 4.69) is 10.6 Å². The molecule has 1 fully saturated rings. The second-order valence-corrected chi connectivity index (χ2v) is 7.10. The number of nitro benzene ring substituents is 1. The van der Waals surface area contributed by atoms with Gasteiger partial charge in [-0.15, -0.1) is 24.2 Å². The molecule has 2 N–H and O–H groups in total. The number of nitrogens with zero attached hydrogens (tertiary/aromatic N) is 1. The van der Waals surface area contributed by atoms with Crippen LogP contribution in [0, 0.1) is 16.0 Å². The van der Waals surface area contributed by atoms with Crippen LogP contribution in [-0.4, -0.2) is 42.5 Å². The first-order chi connectivity index (χ1) is 13.0. The van der Waals surface area contributed by atoms with E-state index >= 15 is 0 Å². The van der Waals surface area contributed by atoms with Crippen LogP contribution in [0.25, 0.3) is 0 Å². The summed E-state index contributed by atoms with van der Waals surface area (Å²) in [5.74, 6) is -0.332. The molecule has 148 valence electrons. The highest BCUT2D eigenvalue weighted by molar-refractivity contribution is 7.98. The predicted molar refractivity (Wildman–Crippen MR) is 111 cm³/mol. The molecule has 1 aliphatic heterocycles. The summed E-state index contributed by atoms with van der Waals surface area (Å²) in [5.41, 5.74) is 0.565. The van der Waals surface area contributed by atoms with Gasteiger partial charge in [-0.3, -0.25) is 19.7 Å². The summed E-state index contributed by atoms with van der Waals surface area (Å²) in [5, 5.41) is 17.3. The topological polar surface area (TPSA) is 101 Å². The summed E-state index contributed by atoms with van der Waals surface area (Å²) in [7, 11) is 0. The van der Waals surface area contributed by atoms with E-state index in [1.165, 1.54) is 17.8 Å². The van der Waals surface area contributed by atoms with Gasteiger partial charge in [-0.05, 0) is 24.5 Å². The van der Waals surface area contributed by atoms with Crippen molar-refractivity contribution in [3.05, 3.63) is 69.3 Å². The summed E-state index contributed by atoms with van der Waals surface area (Å²) in [6.45, 7) is 2.28. The lowest BCUT2D eigenvalue weighted by Gasteiger charge is -2.27. The van der Waals surface area contributed by atoms with Crippen LogP contribution in [0.3, 0.4) is 0 Å². The van der Waals surface area contributed by atoms with Crippen molar-refractivity contribution in [3.63, 3.8) is 0 Å². The number of amides is 1. The van der Waals surface area contributed by atoms with Crippen LogP contribution in [0.5, 0.6) is 0 Å². The first-order valence-electron chi connectivity index (χ1n) is 8.46. The fourth-order valence-electron chi connectivity index (χ4n) is 2.83. The highest BCUT2D eigenvalue weighted by Crippen LogP contribution is 2.29. The van der Waals surface area contributed by atoms with Gasteiger partial charge in [-0.25, -0.2) is 0 Å². The highest BCUT2D eigenvalue weighted by atomic mass is 35.5. The summed E-state index contributed by atoms with van der Waals surface area (Å²) >= 11 is 1.24. The van der Waals surface area contributed by atoms with E-state index in [1.807, 2.05) is 0 Å². The van der Waals surface area contributed by atoms with E-state index in [0.717, 1.165) is 13.1 Å². The molecule has 0 radical (unpaired) electrons. The normalized spacial score (nSPS) is 13.2. The van der Waals surface area contributed by atoms with Crippen LogP contribution >= 0.6 is 24.2 Å². The molecule has 0 bridgehead atoms. The molecule has 1 aliphatic rings. The zero-order valence-corrected chi connectivity index (χ0v) is 16.8. The molecule has 0 aromatic heterocycles. The number of ketones is 1. The molecule has 1 amide bonds. The summed E-state index contributed by atoms with van der Waals surface area (Å²) in [6.07, 6.45) is 1.74. The van der Waals surface area contributed by atoms with Crippen molar-refractivity contribution in [2.75, 3.05) is 25.9 Å². The Balaban J connectivity index is 0.00000280. The number of carbonyl (C=O) groups is 2. The van der Waals surface area contributed by atoms with E-state index in [4.69, 9.17) is 0 Å². The maximum atomic E-state index is 12.9. The van der Waals surface area contributed by atoms with Crippen LogP contribution in [0.4, 0.5) is 5.69 Å². The molecule has 7 nitrogen and oxygen atoms in total. The number of hydrogen-bond donors (Lipinski definition) is 2. The molecule has 0 saturated carbocycles. The third-order valence-corrected chi connectivity index (χ3v) is 5.26. The van der Waals surface area contributed by atoms with Crippen molar-refractivity contribution in [3.8, 4) is 0 Å². The number of thioether (sulfide) groups is 1. The monoisotopic (exact) mass is 421 g/mol. The Morgan fingerprint density at radius 3 is 2.46 bits per heavy atom. The number of nitrogens with one attached hydrogen (secondary N) is 2. The average Bonchev–Trinajstić information content (AvgIpc) is 2.65. The average molecular weight is 422 g/mol. The van der Waals surface area contributed by atoms with E-state index in [0.29, 0.717) is 17.4 Å². The SMILES string of the molecule is CSc1ccc(C(=O)c2ccccc2C(=O)NCC2CNC2)cc1[N+](=O)[O-].Cl. The van der Waals surface area contributed by atoms with Gasteiger partial charge in [-0.2, -0.15) is 0 Å². The summed E-state index contributed by atoms with van der Waals surface area (Å²) in [4.78, 5) is 36.7. The smallest absolute Gasteiger partial charge is 0.283 e. The minimum Gasteiger partial charge on any atom is -0.352 e. The lowest BCUT2D eigenvalue weighted by molar-refractivity contribution is -0.387. The zero-order chi connectivity index (χ0) is 19.4.